The van der Waals surface area contributed by atoms with Gasteiger partial charge in [-0.2, -0.15) is 10.1 Å². The molecule has 1 aromatic carbocycles. The highest BCUT2D eigenvalue weighted by Gasteiger charge is 2.25. The standard InChI is InChI=1S/C19H21FN6O/c1-11-9-21-19(22-16(10-27)13-4-6-14(20)7-5-13)24-18(11)23-17-8-15(25-26-17)12-2-3-12/h4-9,12,16,27H,2-3,10H2,1H3,(H3,21,22,23,24,25,26). The summed E-state index contributed by atoms with van der Waals surface area (Å²) in [5.41, 5.74) is 2.76. The number of hydrogen-bond donors (Lipinski definition) is 4. The molecule has 1 aliphatic rings. The molecule has 1 unspecified atom stereocenters. The lowest BCUT2D eigenvalue weighted by Gasteiger charge is -2.17. The van der Waals surface area contributed by atoms with Crippen molar-refractivity contribution in [1.82, 2.24) is 20.2 Å². The number of aromatic nitrogens is 4. The molecule has 1 saturated carbocycles. The average molecular weight is 368 g/mol. The van der Waals surface area contributed by atoms with Crippen molar-refractivity contribution in [2.24, 2.45) is 0 Å². The number of nitrogens with one attached hydrogen (secondary N) is 3. The number of aromatic amines is 1. The number of anilines is 3. The highest BCUT2D eigenvalue weighted by Crippen LogP contribution is 2.39. The van der Waals surface area contributed by atoms with Gasteiger partial charge < -0.3 is 15.7 Å². The van der Waals surface area contributed by atoms with Gasteiger partial charge in [0, 0.05) is 29.4 Å². The SMILES string of the molecule is Cc1cnc(NC(CO)c2ccc(F)cc2)nc1Nc1cc(C2CC2)[nH]n1. The Balaban J connectivity index is 1.51. The van der Waals surface area contributed by atoms with Crippen molar-refractivity contribution in [3.8, 4) is 0 Å². The van der Waals surface area contributed by atoms with Gasteiger partial charge >= 0.3 is 0 Å². The third-order valence-electron chi connectivity index (χ3n) is 4.59. The quantitative estimate of drug-likeness (QED) is 0.510. The Labute approximate surface area is 156 Å². The Bertz CT molecular complexity index is 922. The third kappa shape index (κ3) is 4.06. The molecule has 0 amide bonds. The molecule has 140 valence electrons. The minimum atomic E-state index is -0.437. The number of hydrogen-bond acceptors (Lipinski definition) is 6. The van der Waals surface area contributed by atoms with Gasteiger partial charge in [0.15, 0.2) is 5.82 Å². The van der Waals surface area contributed by atoms with Gasteiger partial charge in [0.1, 0.15) is 11.6 Å². The van der Waals surface area contributed by atoms with E-state index >= 15 is 0 Å². The van der Waals surface area contributed by atoms with Crippen LogP contribution in [0.4, 0.5) is 22.0 Å². The molecule has 0 aliphatic heterocycles. The van der Waals surface area contributed by atoms with Crippen molar-refractivity contribution >= 4 is 17.6 Å². The third-order valence-corrected chi connectivity index (χ3v) is 4.59. The van der Waals surface area contributed by atoms with E-state index in [0.717, 1.165) is 16.8 Å². The Morgan fingerprint density at radius 3 is 2.78 bits per heavy atom. The second kappa shape index (κ2) is 7.32. The molecule has 1 aliphatic carbocycles. The van der Waals surface area contributed by atoms with Gasteiger partial charge in [0.25, 0.3) is 0 Å². The minimum absolute atomic E-state index is 0.171. The Morgan fingerprint density at radius 2 is 2.07 bits per heavy atom. The van der Waals surface area contributed by atoms with E-state index < -0.39 is 6.04 Å². The van der Waals surface area contributed by atoms with E-state index in [9.17, 15) is 9.50 Å². The highest BCUT2D eigenvalue weighted by molar-refractivity contribution is 5.57. The zero-order chi connectivity index (χ0) is 18.8. The van der Waals surface area contributed by atoms with Crippen molar-refractivity contribution in [3.63, 3.8) is 0 Å². The van der Waals surface area contributed by atoms with Gasteiger partial charge in [-0.05, 0) is 37.5 Å². The van der Waals surface area contributed by atoms with Crippen LogP contribution in [0.3, 0.4) is 0 Å². The largest absolute Gasteiger partial charge is 0.394 e. The summed E-state index contributed by atoms with van der Waals surface area (Å²) in [7, 11) is 0. The number of benzene rings is 1. The van der Waals surface area contributed by atoms with Gasteiger partial charge in [0.2, 0.25) is 5.95 Å². The first-order chi connectivity index (χ1) is 13.1. The number of aliphatic hydroxyl groups is 1. The fourth-order valence-electron chi connectivity index (χ4n) is 2.85. The Hall–Kier alpha value is -3.00. The van der Waals surface area contributed by atoms with Crippen molar-refractivity contribution in [3.05, 3.63) is 59.2 Å². The lowest BCUT2D eigenvalue weighted by molar-refractivity contribution is 0.276. The summed E-state index contributed by atoms with van der Waals surface area (Å²) in [5, 5.41) is 23.3. The van der Waals surface area contributed by atoms with Crippen LogP contribution in [0.2, 0.25) is 0 Å². The predicted molar refractivity (Wildman–Crippen MR) is 100 cm³/mol. The van der Waals surface area contributed by atoms with Crippen LogP contribution in [0.25, 0.3) is 0 Å². The number of aryl methyl sites for hydroxylation is 1. The molecular weight excluding hydrogens is 347 g/mol. The first kappa shape index (κ1) is 17.4. The van der Waals surface area contributed by atoms with Gasteiger partial charge in [-0.15, -0.1) is 0 Å². The summed E-state index contributed by atoms with van der Waals surface area (Å²) >= 11 is 0. The Kier molecular flexibility index (Phi) is 4.72. The second-order valence-electron chi connectivity index (χ2n) is 6.76. The fraction of sp³-hybridized carbons (Fsp3) is 0.316. The molecule has 3 aromatic rings. The molecule has 7 nitrogen and oxygen atoms in total. The molecule has 2 heterocycles. The first-order valence-corrected chi connectivity index (χ1v) is 8.91. The number of aliphatic hydroxyl groups excluding tert-OH is 1. The molecule has 27 heavy (non-hydrogen) atoms. The van der Waals surface area contributed by atoms with Gasteiger partial charge in [-0.3, -0.25) is 5.10 Å². The summed E-state index contributed by atoms with van der Waals surface area (Å²) in [6.45, 7) is 1.74. The lowest BCUT2D eigenvalue weighted by atomic mass is 10.1. The Morgan fingerprint density at radius 1 is 1.30 bits per heavy atom. The molecule has 1 fully saturated rings. The van der Waals surface area contributed by atoms with E-state index in [1.165, 1.54) is 25.0 Å². The monoisotopic (exact) mass is 368 g/mol. The molecular formula is C19H21FN6O. The zero-order valence-electron chi connectivity index (χ0n) is 14.9. The molecule has 2 aromatic heterocycles. The molecule has 0 spiro atoms. The molecule has 8 heteroatoms. The predicted octanol–water partition coefficient (Wildman–Crippen LogP) is 3.41. The summed E-state index contributed by atoms with van der Waals surface area (Å²) in [6.07, 6.45) is 4.10. The first-order valence-electron chi connectivity index (χ1n) is 8.91. The number of H-pyrrole nitrogens is 1. The van der Waals surface area contributed by atoms with Crippen LogP contribution in [0.1, 0.15) is 41.6 Å². The van der Waals surface area contributed by atoms with E-state index in [1.807, 2.05) is 13.0 Å². The summed E-state index contributed by atoms with van der Waals surface area (Å²) in [4.78, 5) is 8.77. The van der Waals surface area contributed by atoms with Crippen LogP contribution < -0.4 is 10.6 Å². The van der Waals surface area contributed by atoms with Crippen LogP contribution in [0, 0.1) is 12.7 Å². The van der Waals surface area contributed by atoms with Crippen LogP contribution in [-0.2, 0) is 0 Å². The van der Waals surface area contributed by atoms with Gasteiger partial charge in [-0.25, -0.2) is 9.37 Å². The maximum Gasteiger partial charge on any atom is 0.225 e. The minimum Gasteiger partial charge on any atom is -0.394 e. The van der Waals surface area contributed by atoms with E-state index in [-0.39, 0.29) is 12.4 Å². The fourth-order valence-corrected chi connectivity index (χ4v) is 2.85. The molecule has 0 radical (unpaired) electrons. The summed E-state index contributed by atoms with van der Waals surface area (Å²) in [5.74, 6) is 1.99. The van der Waals surface area contributed by atoms with Gasteiger partial charge in [-0.1, -0.05) is 12.1 Å². The number of rotatable bonds is 7. The summed E-state index contributed by atoms with van der Waals surface area (Å²) in [6, 6.07) is 7.53. The van der Waals surface area contributed by atoms with E-state index in [2.05, 4.69) is 30.8 Å². The van der Waals surface area contributed by atoms with Crippen LogP contribution in [0.15, 0.2) is 36.5 Å². The normalized spacial score (nSPS) is 14.8. The van der Waals surface area contributed by atoms with Crippen molar-refractivity contribution in [2.75, 3.05) is 17.2 Å². The van der Waals surface area contributed by atoms with Gasteiger partial charge in [0.05, 0.1) is 12.6 Å². The topological polar surface area (TPSA) is 98.8 Å². The van der Waals surface area contributed by atoms with E-state index in [1.54, 1.807) is 18.3 Å². The number of halogens is 1. The van der Waals surface area contributed by atoms with Crippen LogP contribution in [0.5, 0.6) is 0 Å². The van der Waals surface area contributed by atoms with Crippen molar-refractivity contribution in [2.45, 2.75) is 31.7 Å². The zero-order valence-corrected chi connectivity index (χ0v) is 14.9. The smallest absolute Gasteiger partial charge is 0.225 e. The van der Waals surface area contributed by atoms with Crippen LogP contribution >= 0.6 is 0 Å². The van der Waals surface area contributed by atoms with Crippen LogP contribution in [-0.4, -0.2) is 31.9 Å². The lowest BCUT2D eigenvalue weighted by Crippen LogP contribution is -2.17. The van der Waals surface area contributed by atoms with Crippen molar-refractivity contribution < 1.29 is 9.50 Å². The molecule has 4 N–H and O–H groups in total. The molecule has 0 bridgehead atoms. The molecule has 1 atom stereocenters. The summed E-state index contributed by atoms with van der Waals surface area (Å²) < 4.78 is 13.1. The number of nitrogens with zero attached hydrogens (tertiary/aromatic N) is 3. The van der Waals surface area contributed by atoms with E-state index in [4.69, 9.17) is 0 Å². The average Bonchev–Trinajstić information content (AvgIpc) is 3.42. The molecule has 4 rings (SSSR count). The highest BCUT2D eigenvalue weighted by atomic mass is 19.1. The maximum absolute atomic E-state index is 13.1. The molecule has 0 saturated heterocycles. The second-order valence-corrected chi connectivity index (χ2v) is 6.76. The van der Waals surface area contributed by atoms with Crippen molar-refractivity contribution in [1.29, 1.82) is 0 Å². The maximum atomic E-state index is 13.1. The van der Waals surface area contributed by atoms with E-state index in [0.29, 0.717) is 23.5 Å².